The number of fused-ring (bicyclic) bond motifs is 1. The largest absolute Gasteiger partial charge is 0.504 e. The van der Waals surface area contributed by atoms with Crippen molar-refractivity contribution in [3.8, 4) is 11.5 Å². The number of amides is 1. The number of hydrogen-bond donors (Lipinski definition) is 1. The molecular weight excluding hydrogens is 430 g/mol. The molecule has 6 nitrogen and oxygen atoms in total. The minimum Gasteiger partial charge on any atom is -0.504 e. The Kier molecular flexibility index (Phi) is 5.80. The predicted molar refractivity (Wildman–Crippen MR) is 121 cm³/mol. The van der Waals surface area contributed by atoms with Gasteiger partial charge in [0.05, 0.1) is 18.4 Å². The van der Waals surface area contributed by atoms with Gasteiger partial charge in [0.1, 0.15) is 0 Å². The lowest BCUT2D eigenvalue weighted by molar-refractivity contribution is -0.137. The molecule has 0 aliphatic carbocycles. The van der Waals surface area contributed by atoms with Crippen molar-refractivity contribution in [3.63, 3.8) is 0 Å². The molecule has 164 valence electrons. The van der Waals surface area contributed by atoms with Crippen LogP contribution in [0.3, 0.4) is 0 Å². The number of carbonyl (C=O) groups is 2. The van der Waals surface area contributed by atoms with Crippen molar-refractivity contribution in [2.24, 2.45) is 0 Å². The van der Waals surface area contributed by atoms with E-state index in [0.717, 1.165) is 0 Å². The van der Waals surface area contributed by atoms with Gasteiger partial charge in [-0.05, 0) is 43.3 Å². The lowest BCUT2D eigenvalue weighted by Crippen LogP contribution is -2.45. The fourth-order valence-corrected chi connectivity index (χ4v) is 4.24. The third-order valence-electron chi connectivity index (χ3n) is 5.61. The first kappa shape index (κ1) is 21.7. The van der Waals surface area contributed by atoms with Gasteiger partial charge >= 0.3 is 5.97 Å². The second-order valence-corrected chi connectivity index (χ2v) is 7.87. The highest BCUT2D eigenvalue weighted by atomic mass is 35.5. The number of phenolic OH excluding ortho intramolecular Hbond substituents is 1. The smallest absolute Gasteiger partial charge is 0.339 e. The zero-order valence-electron chi connectivity index (χ0n) is 17.7. The van der Waals surface area contributed by atoms with Crippen LogP contribution in [-0.2, 0) is 21.6 Å². The van der Waals surface area contributed by atoms with Gasteiger partial charge in [-0.25, -0.2) is 4.79 Å². The summed E-state index contributed by atoms with van der Waals surface area (Å²) in [6, 6.07) is 18.5. The Morgan fingerprint density at radius 2 is 1.84 bits per heavy atom. The van der Waals surface area contributed by atoms with E-state index in [1.807, 2.05) is 6.92 Å². The molecule has 32 heavy (non-hydrogen) atoms. The van der Waals surface area contributed by atoms with E-state index in [9.17, 15) is 14.7 Å². The number of esters is 1. The van der Waals surface area contributed by atoms with Crippen LogP contribution < -0.4 is 9.64 Å². The molecule has 0 bridgehead atoms. The van der Waals surface area contributed by atoms with Crippen LogP contribution in [0.5, 0.6) is 11.5 Å². The van der Waals surface area contributed by atoms with Crippen molar-refractivity contribution in [3.05, 3.63) is 88.4 Å². The summed E-state index contributed by atoms with van der Waals surface area (Å²) < 4.78 is 11.2. The summed E-state index contributed by atoms with van der Waals surface area (Å²) in [6.07, 6.45) is -0.0860. The Hall–Kier alpha value is -3.51. The Morgan fingerprint density at radius 1 is 1.09 bits per heavy atom. The first-order valence-corrected chi connectivity index (χ1v) is 10.5. The van der Waals surface area contributed by atoms with E-state index in [1.165, 1.54) is 7.11 Å². The molecule has 0 aromatic heterocycles. The normalized spacial score (nSPS) is 17.2. The average molecular weight is 452 g/mol. The number of carbonyl (C=O) groups excluding carboxylic acids is 2. The summed E-state index contributed by atoms with van der Waals surface area (Å²) in [6.45, 7) is 2.22. The van der Waals surface area contributed by atoms with E-state index in [4.69, 9.17) is 21.1 Å². The van der Waals surface area contributed by atoms with Crippen LogP contribution in [0.15, 0.2) is 66.7 Å². The maximum Gasteiger partial charge on any atom is 0.339 e. The lowest BCUT2D eigenvalue weighted by Gasteiger charge is -2.29. The molecule has 1 aliphatic rings. The molecule has 7 heteroatoms. The van der Waals surface area contributed by atoms with E-state index < -0.39 is 17.5 Å². The van der Waals surface area contributed by atoms with Gasteiger partial charge in [0.25, 0.3) is 5.91 Å². The Bertz CT molecular complexity index is 1180. The monoisotopic (exact) mass is 451 g/mol. The highest BCUT2D eigenvalue weighted by Gasteiger charge is 2.54. The van der Waals surface area contributed by atoms with E-state index in [1.54, 1.807) is 71.6 Å². The Labute approximate surface area is 191 Å². The number of aromatic hydroxyl groups is 1. The maximum atomic E-state index is 13.8. The van der Waals surface area contributed by atoms with Crippen molar-refractivity contribution in [2.75, 3.05) is 18.6 Å². The summed E-state index contributed by atoms with van der Waals surface area (Å²) in [7, 11) is 1.44. The lowest BCUT2D eigenvalue weighted by atomic mass is 9.87. The van der Waals surface area contributed by atoms with E-state index >= 15 is 0 Å². The molecule has 0 saturated heterocycles. The van der Waals surface area contributed by atoms with Crippen LogP contribution in [0.1, 0.15) is 28.4 Å². The van der Waals surface area contributed by atoms with Crippen LogP contribution in [0.2, 0.25) is 5.02 Å². The number of para-hydroxylation sites is 1. The number of rotatable bonds is 6. The van der Waals surface area contributed by atoms with Gasteiger partial charge in [0.15, 0.2) is 11.5 Å². The second-order valence-electron chi connectivity index (χ2n) is 7.44. The van der Waals surface area contributed by atoms with Crippen molar-refractivity contribution in [1.29, 1.82) is 0 Å². The van der Waals surface area contributed by atoms with Crippen LogP contribution in [0.25, 0.3) is 0 Å². The summed E-state index contributed by atoms with van der Waals surface area (Å²) in [5.74, 6) is -0.901. The highest BCUT2D eigenvalue weighted by molar-refractivity contribution is 6.31. The number of benzene rings is 3. The minimum absolute atomic E-state index is 0.0860. The molecule has 1 unspecified atom stereocenters. The molecule has 4 rings (SSSR count). The van der Waals surface area contributed by atoms with Gasteiger partial charge < -0.3 is 19.5 Å². The van der Waals surface area contributed by atoms with Gasteiger partial charge in [-0.2, -0.15) is 0 Å². The number of nitrogens with zero attached hydrogens (tertiary/aromatic N) is 1. The molecule has 1 atom stereocenters. The van der Waals surface area contributed by atoms with Crippen molar-refractivity contribution < 1.29 is 24.2 Å². The number of hydrogen-bond acceptors (Lipinski definition) is 5. The zero-order valence-corrected chi connectivity index (χ0v) is 18.4. The number of halogens is 1. The van der Waals surface area contributed by atoms with Crippen LogP contribution in [0.4, 0.5) is 5.69 Å². The van der Waals surface area contributed by atoms with Crippen LogP contribution >= 0.6 is 11.6 Å². The SMILES string of the molecule is CCN1C(=O)C(Cc2cccc(OC)c2O)(OC(=O)c2ccccc2)c2cc(Cl)ccc21. The standard InChI is InChI=1S/C25H22ClNO5/c1-3-27-20-13-12-18(26)14-19(20)25(24(27)30,32-23(29)16-8-5-4-6-9-16)15-17-10-7-11-21(31-2)22(17)28/h4-14,28H,3,15H2,1-2H3. The van der Waals surface area contributed by atoms with Crippen LogP contribution in [-0.4, -0.2) is 30.6 Å². The number of phenols is 1. The Balaban J connectivity index is 1.89. The third-order valence-corrected chi connectivity index (χ3v) is 5.84. The molecule has 1 amide bonds. The first-order valence-electron chi connectivity index (χ1n) is 10.2. The molecule has 1 heterocycles. The molecule has 0 spiro atoms. The van der Waals surface area contributed by atoms with Crippen LogP contribution in [0, 0.1) is 0 Å². The van der Waals surface area contributed by atoms with Gasteiger partial charge in [-0.1, -0.05) is 41.9 Å². The summed E-state index contributed by atoms with van der Waals surface area (Å²) in [4.78, 5) is 28.4. The van der Waals surface area contributed by atoms with Gasteiger partial charge in [-0.3, -0.25) is 4.79 Å². The molecule has 3 aromatic carbocycles. The quantitative estimate of drug-likeness (QED) is 0.549. The predicted octanol–water partition coefficient (Wildman–Crippen LogP) is 4.72. The van der Waals surface area contributed by atoms with E-state index in [2.05, 4.69) is 0 Å². The zero-order chi connectivity index (χ0) is 22.9. The molecule has 1 N–H and O–H groups in total. The van der Waals surface area contributed by atoms with Crippen molar-refractivity contribution >= 4 is 29.2 Å². The second kappa shape index (κ2) is 8.55. The summed E-state index contributed by atoms with van der Waals surface area (Å²) in [5, 5.41) is 11.1. The first-order chi connectivity index (χ1) is 15.4. The molecular formula is C25H22ClNO5. The fraction of sp³-hybridized carbons (Fsp3) is 0.200. The Morgan fingerprint density at radius 3 is 2.53 bits per heavy atom. The summed E-state index contributed by atoms with van der Waals surface area (Å²) >= 11 is 6.29. The summed E-state index contributed by atoms with van der Waals surface area (Å²) in [5.41, 5.74) is 0.108. The van der Waals surface area contributed by atoms with E-state index in [0.29, 0.717) is 33.9 Å². The molecule has 0 saturated carbocycles. The number of ether oxygens (including phenoxy) is 2. The fourth-order valence-electron chi connectivity index (χ4n) is 4.06. The maximum absolute atomic E-state index is 13.8. The average Bonchev–Trinajstić information content (AvgIpc) is 3.02. The van der Waals surface area contributed by atoms with Gasteiger partial charge in [0, 0.05) is 29.1 Å². The van der Waals surface area contributed by atoms with E-state index in [-0.39, 0.29) is 17.9 Å². The number of anilines is 1. The number of likely N-dealkylation sites (N-methyl/N-ethyl adjacent to an activating group) is 1. The molecule has 1 aliphatic heterocycles. The van der Waals surface area contributed by atoms with Crippen molar-refractivity contribution in [1.82, 2.24) is 0 Å². The van der Waals surface area contributed by atoms with Gasteiger partial charge in [-0.15, -0.1) is 0 Å². The van der Waals surface area contributed by atoms with Gasteiger partial charge in [0.2, 0.25) is 5.60 Å². The molecule has 0 radical (unpaired) electrons. The highest BCUT2D eigenvalue weighted by Crippen LogP contribution is 2.47. The minimum atomic E-state index is -1.70. The topological polar surface area (TPSA) is 76.1 Å². The van der Waals surface area contributed by atoms with Crippen molar-refractivity contribution in [2.45, 2.75) is 18.9 Å². The number of methoxy groups -OCH3 is 1. The molecule has 0 fully saturated rings. The third kappa shape index (κ3) is 3.56. The molecule has 3 aromatic rings.